The Bertz CT molecular complexity index is 317. The van der Waals surface area contributed by atoms with Gasteiger partial charge >= 0.3 is 0 Å². The topological polar surface area (TPSA) is 38.7 Å². The van der Waals surface area contributed by atoms with Crippen molar-refractivity contribution < 1.29 is 0 Å². The number of aromatic nitrogens is 3. The van der Waals surface area contributed by atoms with Gasteiger partial charge in [-0.15, -0.1) is 11.3 Å². The van der Waals surface area contributed by atoms with E-state index in [0.717, 1.165) is 11.4 Å². The normalized spacial score (nSPS) is 9.82. The first-order valence-electron chi connectivity index (χ1n) is 3.05. The third kappa shape index (κ3) is 1.25. The van der Waals surface area contributed by atoms with Crippen LogP contribution in [0, 0.1) is 5.51 Å². The zero-order chi connectivity index (χ0) is 7.52. The van der Waals surface area contributed by atoms with Crippen LogP contribution in [0.2, 0.25) is 0 Å². The fourth-order valence-electron chi connectivity index (χ4n) is 0.733. The number of nitrogens with zero attached hydrogens (tertiary/aromatic N) is 3. The highest BCUT2D eigenvalue weighted by molar-refractivity contribution is 7.07. The highest BCUT2D eigenvalue weighted by Crippen LogP contribution is 2.13. The molecule has 4 heteroatoms. The van der Waals surface area contributed by atoms with Gasteiger partial charge in [0.05, 0.1) is 6.20 Å². The molecule has 2 heterocycles. The number of rotatable bonds is 1. The maximum atomic E-state index is 4.08. The molecule has 0 atom stereocenters. The van der Waals surface area contributed by atoms with Gasteiger partial charge in [-0.1, -0.05) is 0 Å². The first-order valence-corrected chi connectivity index (χ1v) is 3.93. The Balaban J connectivity index is 2.46. The first-order chi connectivity index (χ1) is 5.47. The highest BCUT2D eigenvalue weighted by Gasteiger charge is 1.98. The van der Waals surface area contributed by atoms with Gasteiger partial charge in [-0.2, -0.15) is 0 Å². The van der Waals surface area contributed by atoms with Crippen LogP contribution in [-0.2, 0) is 0 Å². The molecule has 0 spiro atoms. The minimum absolute atomic E-state index is 0.796. The summed E-state index contributed by atoms with van der Waals surface area (Å²) in [4.78, 5) is 12.0. The quantitative estimate of drug-likeness (QED) is 0.636. The SMILES string of the molecule is [c]1nc(-c2cnccn2)cs1. The maximum Gasteiger partial charge on any atom is 0.152 e. The van der Waals surface area contributed by atoms with E-state index < -0.39 is 0 Å². The van der Waals surface area contributed by atoms with Crippen LogP contribution >= 0.6 is 11.3 Å². The first kappa shape index (κ1) is 6.42. The van der Waals surface area contributed by atoms with E-state index in [0.29, 0.717) is 0 Å². The molecule has 11 heavy (non-hydrogen) atoms. The Kier molecular flexibility index (Phi) is 1.61. The second-order valence-electron chi connectivity index (χ2n) is 1.91. The molecule has 0 unspecified atom stereocenters. The van der Waals surface area contributed by atoms with Crippen LogP contribution in [0.25, 0.3) is 11.4 Å². The standard InChI is InChI=1S/C7H4N3S/c1-2-9-6(3-8-1)7-4-11-5-10-7/h1-4H. The molecule has 0 aliphatic heterocycles. The lowest BCUT2D eigenvalue weighted by atomic mass is 10.4. The Morgan fingerprint density at radius 2 is 2.27 bits per heavy atom. The van der Waals surface area contributed by atoms with Gasteiger partial charge in [0.1, 0.15) is 11.4 Å². The third-order valence-corrected chi connectivity index (χ3v) is 1.75. The summed E-state index contributed by atoms with van der Waals surface area (Å²) < 4.78 is 0. The fourth-order valence-corrected chi connectivity index (χ4v) is 1.22. The second kappa shape index (κ2) is 2.75. The summed E-state index contributed by atoms with van der Waals surface area (Å²) in [6, 6.07) is 0. The molecule has 2 rings (SSSR count). The number of hydrogen-bond donors (Lipinski definition) is 0. The van der Waals surface area contributed by atoms with E-state index in [-0.39, 0.29) is 0 Å². The zero-order valence-electron chi connectivity index (χ0n) is 5.56. The fraction of sp³-hybridized carbons (Fsp3) is 0. The minimum atomic E-state index is 0.796. The molecule has 0 saturated heterocycles. The Labute approximate surface area is 67.8 Å². The van der Waals surface area contributed by atoms with Gasteiger partial charge in [0.25, 0.3) is 0 Å². The molecular formula is C7H4N3S. The summed E-state index contributed by atoms with van der Waals surface area (Å²) in [6.07, 6.45) is 4.97. The van der Waals surface area contributed by atoms with E-state index in [9.17, 15) is 0 Å². The van der Waals surface area contributed by atoms with E-state index in [1.165, 1.54) is 11.3 Å². The van der Waals surface area contributed by atoms with E-state index >= 15 is 0 Å². The summed E-state index contributed by atoms with van der Waals surface area (Å²) in [5, 5.41) is 1.89. The second-order valence-corrected chi connectivity index (χ2v) is 2.57. The molecule has 2 aromatic heterocycles. The van der Waals surface area contributed by atoms with Crippen LogP contribution in [0.4, 0.5) is 0 Å². The van der Waals surface area contributed by atoms with Crippen molar-refractivity contribution in [2.75, 3.05) is 0 Å². The van der Waals surface area contributed by atoms with Crippen molar-refractivity contribution >= 4 is 11.3 Å². The van der Waals surface area contributed by atoms with Crippen LogP contribution in [-0.4, -0.2) is 15.0 Å². The smallest absolute Gasteiger partial charge is 0.152 e. The molecule has 0 aliphatic carbocycles. The van der Waals surface area contributed by atoms with Crippen molar-refractivity contribution in [1.82, 2.24) is 15.0 Å². The van der Waals surface area contributed by atoms with Gasteiger partial charge in [0.2, 0.25) is 0 Å². The molecule has 1 radical (unpaired) electrons. The molecule has 3 nitrogen and oxygen atoms in total. The van der Waals surface area contributed by atoms with Crippen LogP contribution in [0.3, 0.4) is 0 Å². The molecule has 0 bridgehead atoms. The average Bonchev–Trinajstić information content (AvgIpc) is 2.58. The maximum absolute atomic E-state index is 4.08. The molecule has 53 valence electrons. The van der Waals surface area contributed by atoms with E-state index in [1.807, 2.05) is 5.38 Å². The van der Waals surface area contributed by atoms with E-state index in [2.05, 4.69) is 20.5 Å². The minimum Gasteiger partial charge on any atom is -0.261 e. The van der Waals surface area contributed by atoms with Crippen LogP contribution in [0.5, 0.6) is 0 Å². The molecule has 0 aromatic carbocycles. The number of thiazole rings is 1. The monoisotopic (exact) mass is 162 g/mol. The largest absolute Gasteiger partial charge is 0.261 e. The molecule has 2 aromatic rings. The van der Waals surface area contributed by atoms with Crippen molar-refractivity contribution in [2.24, 2.45) is 0 Å². The van der Waals surface area contributed by atoms with E-state index in [1.54, 1.807) is 18.6 Å². The van der Waals surface area contributed by atoms with Crippen molar-refractivity contribution in [3.63, 3.8) is 0 Å². The van der Waals surface area contributed by atoms with Gasteiger partial charge in [-0.05, 0) is 0 Å². The summed E-state index contributed by atoms with van der Waals surface area (Å²) in [5.41, 5.74) is 4.38. The van der Waals surface area contributed by atoms with Crippen molar-refractivity contribution in [1.29, 1.82) is 0 Å². The predicted molar refractivity (Wildman–Crippen MR) is 42.0 cm³/mol. The average molecular weight is 162 g/mol. The Morgan fingerprint density at radius 3 is 2.91 bits per heavy atom. The lowest BCUT2D eigenvalue weighted by Gasteiger charge is -1.90. The van der Waals surface area contributed by atoms with Gasteiger partial charge in [-0.3, -0.25) is 9.97 Å². The summed E-state index contributed by atoms with van der Waals surface area (Å²) in [7, 11) is 0. The lowest BCUT2D eigenvalue weighted by Crippen LogP contribution is -1.82. The van der Waals surface area contributed by atoms with Gasteiger partial charge < -0.3 is 0 Å². The van der Waals surface area contributed by atoms with E-state index in [4.69, 9.17) is 0 Å². The summed E-state index contributed by atoms with van der Waals surface area (Å²) in [5.74, 6) is 0. The molecule has 0 aliphatic rings. The van der Waals surface area contributed by atoms with Crippen molar-refractivity contribution in [3.05, 3.63) is 29.5 Å². The molecule has 0 fully saturated rings. The molecule has 0 saturated carbocycles. The van der Waals surface area contributed by atoms with Crippen LogP contribution in [0.15, 0.2) is 24.0 Å². The van der Waals surface area contributed by atoms with Crippen molar-refractivity contribution in [2.45, 2.75) is 0 Å². The van der Waals surface area contributed by atoms with Gasteiger partial charge in [-0.25, -0.2) is 4.98 Å². The van der Waals surface area contributed by atoms with Crippen LogP contribution < -0.4 is 0 Å². The molecule has 0 amide bonds. The zero-order valence-corrected chi connectivity index (χ0v) is 6.38. The third-order valence-electron chi connectivity index (χ3n) is 1.21. The summed E-state index contributed by atoms with van der Waals surface area (Å²) in [6.45, 7) is 0. The molecular weight excluding hydrogens is 158 g/mol. The highest BCUT2D eigenvalue weighted by atomic mass is 32.1. The summed E-state index contributed by atoms with van der Waals surface area (Å²) >= 11 is 1.43. The van der Waals surface area contributed by atoms with Gasteiger partial charge in [0, 0.05) is 17.8 Å². The Hall–Kier alpha value is -1.29. The lowest BCUT2D eigenvalue weighted by molar-refractivity contribution is 1.19. The Morgan fingerprint density at radius 1 is 1.27 bits per heavy atom. The predicted octanol–water partition coefficient (Wildman–Crippen LogP) is 1.40. The molecule has 0 N–H and O–H groups in total. The van der Waals surface area contributed by atoms with Gasteiger partial charge in [0.15, 0.2) is 5.51 Å². The number of hydrogen-bond acceptors (Lipinski definition) is 4. The van der Waals surface area contributed by atoms with Crippen molar-refractivity contribution in [3.8, 4) is 11.4 Å². The van der Waals surface area contributed by atoms with Crippen LogP contribution in [0.1, 0.15) is 0 Å².